The largest absolute Gasteiger partial charge is 0.355 e. The molecule has 2 N–H and O–H groups in total. The highest BCUT2D eigenvalue weighted by atomic mass is 32.2. The van der Waals surface area contributed by atoms with Crippen LogP contribution in [-0.4, -0.2) is 28.2 Å². The minimum atomic E-state index is 0.0515. The van der Waals surface area contributed by atoms with Crippen molar-refractivity contribution in [1.29, 1.82) is 0 Å². The van der Waals surface area contributed by atoms with Crippen LogP contribution < -0.4 is 5.32 Å². The molecule has 0 aliphatic rings. The molecule has 1 heterocycles. The van der Waals surface area contributed by atoms with Crippen LogP contribution in [0.25, 0.3) is 11.3 Å². The van der Waals surface area contributed by atoms with Crippen LogP contribution in [0.15, 0.2) is 66.0 Å². The average molecular weight is 351 g/mol. The molecule has 1 amide bonds. The molecule has 0 atom stereocenters. The highest BCUT2D eigenvalue weighted by molar-refractivity contribution is 7.99. The SMILES string of the molecule is Cc1cccc(CC(=O)NCCSc2ncc(-c3ccccc3)[nH]2)c1. The zero-order chi connectivity index (χ0) is 17.5. The number of benzene rings is 2. The summed E-state index contributed by atoms with van der Waals surface area (Å²) in [6.07, 6.45) is 2.26. The van der Waals surface area contributed by atoms with Gasteiger partial charge >= 0.3 is 0 Å². The lowest BCUT2D eigenvalue weighted by atomic mass is 10.1. The molecule has 0 fully saturated rings. The van der Waals surface area contributed by atoms with E-state index in [9.17, 15) is 4.79 Å². The minimum Gasteiger partial charge on any atom is -0.355 e. The summed E-state index contributed by atoms with van der Waals surface area (Å²) in [5.41, 5.74) is 4.34. The second kappa shape index (κ2) is 8.53. The van der Waals surface area contributed by atoms with E-state index in [1.807, 2.05) is 67.7 Å². The molecule has 1 aromatic heterocycles. The zero-order valence-electron chi connectivity index (χ0n) is 14.2. The smallest absolute Gasteiger partial charge is 0.224 e. The Morgan fingerprint density at radius 3 is 2.80 bits per heavy atom. The van der Waals surface area contributed by atoms with E-state index in [0.717, 1.165) is 27.7 Å². The highest BCUT2D eigenvalue weighted by Gasteiger charge is 2.05. The summed E-state index contributed by atoms with van der Waals surface area (Å²) in [5, 5.41) is 3.83. The first kappa shape index (κ1) is 17.3. The molecule has 0 saturated heterocycles. The number of nitrogens with zero attached hydrogens (tertiary/aromatic N) is 1. The third-order valence-corrected chi connectivity index (χ3v) is 4.64. The van der Waals surface area contributed by atoms with E-state index < -0.39 is 0 Å². The second-order valence-electron chi connectivity index (χ2n) is 5.83. The van der Waals surface area contributed by atoms with E-state index in [2.05, 4.69) is 15.3 Å². The Labute approximate surface area is 152 Å². The van der Waals surface area contributed by atoms with E-state index >= 15 is 0 Å². The fourth-order valence-corrected chi connectivity index (χ4v) is 3.26. The highest BCUT2D eigenvalue weighted by Crippen LogP contribution is 2.20. The lowest BCUT2D eigenvalue weighted by molar-refractivity contribution is -0.120. The first-order chi connectivity index (χ1) is 12.2. The van der Waals surface area contributed by atoms with Crippen LogP contribution in [0.3, 0.4) is 0 Å². The average Bonchev–Trinajstić information content (AvgIpc) is 3.08. The lowest BCUT2D eigenvalue weighted by Crippen LogP contribution is -2.27. The molecule has 0 radical (unpaired) electrons. The first-order valence-corrected chi connectivity index (χ1v) is 9.25. The van der Waals surface area contributed by atoms with Gasteiger partial charge in [-0.1, -0.05) is 71.9 Å². The zero-order valence-corrected chi connectivity index (χ0v) is 15.0. The van der Waals surface area contributed by atoms with Gasteiger partial charge < -0.3 is 10.3 Å². The van der Waals surface area contributed by atoms with Crippen molar-refractivity contribution in [3.63, 3.8) is 0 Å². The van der Waals surface area contributed by atoms with E-state index in [0.29, 0.717) is 13.0 Å². The Hall–Kier alpha value is -2.53. The van der Waals surface area contributed by atoms with Gasteiger partial charge in [-0.2, -0.15) is 0 Å². The number of hydrogen-bond donors (Lipinski definition) is 2. The maximum absolute atomic E-state index is 12.0. The number of aromatic nitrogens is 2. The maximum atomic E-state index is 12.0. The van der Waals surface area contributed by atoms with E-state index in [4.69, 9.17) is 0 Å². The van der Waals surface area contributed by atoms with Crippen molar-refractivity contribution >= 4 is 17.7 Å². The molecular weight excluding hydrogens is 330 g/mol. The number of H-pyrrole nitrogens is 1. The van der Waals surface area contributed by atoms with Gasteiger partial charge in [-0.15, -0.1) is 0 Å². The van der Waals surface area contributed by atoms with Gasteiger partial charge in [0.25, 0.3) is 0 Å². The molecule has 0 saturated carbocycles. The maximum Gasteiger partial charge on any atom is 0.224 e. The number of aryl methyl sites for hydroxylation is 1. The van der Waals surface area contributed by atoms with Gasteiger partial charge in [-0.3, -0.25) is 4.79 Å². The number of nitrogens with one attached hydrogen (secondary N) is 2. The molecule has 0 aliphatic heterocycles. The number of hydrogen-bond acceptors (Lipinski definition) is 3. The fraction of sp³-hybridized carbons (Fsp3) is 0.200. The van der Waals surface area contributed by atoms with Gasteiger partial charge in [0, 0.05) is 12.3 Å². The molecule has 0 aliphatic carbocycles. The van der Waals surface area contributed by atoms with Crippen molar-refractivity contribution in [3.8, 4) is 11.3 Å². The summed E-state index contributed by atoms with van der Waals surface area (Å²) in [5.74, 6) is 0.831. The Bertz CT molecular complexity index is 830. The van der Waals surface area contributed by atoms with Crippen molar-refractivity contribution in [2.45, 2.75) is 18.5 Å². The Kier molecular flexibility index (Phi) is 5.90. The fourth-order valence-electron chi connectivity index (χ4n) is 2.55. The number of carbonyl (C=O) groups is 1. The summed E-state index contributed by atoms with van der Waals surface area (Å²) in [4.78, 5) is 19.7. The minimum absolute atomic E-state index is 0.0515. The van der Waals surface area contributed by atoms with Gasteiger partial charge in [0.05, 0.1) is 18.3 Å². The Morgan fingerprint density at radius 1 is 1.16 bits per heavy atom. The van der Waals surface area contributed by atoms with Crippen LogP contribution in [-0.2, 0) is 11.2 Å². The number of amides is 1. The Balaban J connectivity index is 1.41. The predicted octanol–water partition coefficient (Wildman–Crippen LogP) is 3.84. The van der Waals surface area contributed by atoms with Crippen molar-refractivity contribution < 1.29 is 4.79 Å². The summed E-state index contributed by atoms with van der Waals surface area (Å²) >= 11 is 1.61. The van der Waals surface area contributed by atoms with E-state index in [1.165, 1.54) is 5.56 Å². The number of rotatable bonds is 7. The van der Waals surface area contributed by atoms with Crippen LogP contribution in [0.2, 0.25) is 0 Å². The third-order valence-electron chi connectivity index (χ3n) is 3.75. The van der Waals surface area contributed by atoms with E-state index in [-0.39, 0.29) is 5.91 Å². The molecule has 0 bridgehead atoms. The van der Waals surface area contributed by atoms with Crippen LogP contribution >= 0.6 is 11.8 Å². The molecule has 3 rings (SSSR count). The third kappa shape index (κ3) is 5.22. The molecular formula is C20H21N3OS. The number of aromatic amines is 1. The van der Waals surface area contributed by atoms with E-state index in [1.54, 1.807) is 11.8 Å². The summed E-state index contributed by atoms with van der Waals surface area (Å²) in [6.45, 7) is 2.65. The number of carbonyl (C=O) groups excluding carboxylic acids is 1. The van der Waals surface area contributed by atoms with Crippen molar-refractivity contribution in [3.05, 3.63) is 71.9 Å². The monoisotopic (exact) mass is 351 g/mol. The molecule has 3 aromatic rings. The van der Waals surface area contributed by atoms with Gasteiger partial charge in [0.1, 0.15) is 0 Å². The molecule has 0 spiro atoms. The summed E-state index contributed by atoms with van der Waals surface area (Å²) < 4.78 is 0. The van der Waals surface area contributed by atoms with Gasteiger partial charge in [0.15, 0.2) is 5.16 Å². The molecule has 2 aromatic carbocycles. The first-order valence-electron chi connectivity index (χ1n) is 8.26. The van der Waals surface area contributed by atoms with Crippen molar-refractivity contribution in [1.82, 2.24) is 15.3 Å². The predicted molar refractivity (Wildman–Crippen MR) is 103 cm³/mol. The molecule has 128 valence electrons. The number of thioether (sulfide) groups is 1. The molecule has 5 heteroatoms. The lowest BCUT2D eigenvalue weighted by Gasteiger charge is -2.05. The topological polar surface area (TPSA) is 57.8 Å². The Morgan fingerprint density at radius 2 is 2.00 bits per heavy atom. The molecule has 0 unspecified atom stereocenters. The van der Waals surface area contributed by atoms with Gasteiger partial charge in [-0.25, -0.2) is 4.98 Å². The normalized spacial score (nSPS) is 10.6. The van der Waals surface area contributed by atoms with Crippen molar-refractivity contribution in [2.24, 2.45) is 0 Å². The van der Waals surface area contributed by atoms with Gasteiger partial charge in [-0.05, 0) is 18.1 Å². The quantitative estimate of drug-likeness (QED) is 0.502. The van der Waals surface area contributed by atoms with Crippen LogP contribution in [0.1, 0.15) is 11.1 Å². The summed E-state index contributed by atoms with van der Waals surface area (Å²) in [7, 11) is 0. The standard InChI is InChI=1S/C20H21N3OS/c1-15-6-5-7-16(12-15)13-19(24)21-10-11-25-20-22-14-18(23-20)17-8-3-2-4-9-17/h2-9,12,14H,10-11,13H2,1H3,(H,21,24)(H,22,23). The molecule has 4 nitrogen and oxygen atoms in total. The van der Waals surface area contributed by atoms with Gasteiger partial charge in [0.2, 0.25) is 5.91 Å². The summed E-state index contributed by atoms with van der Waals surface area (Å²) in [6, 6.07) is 18.1. The van der Waals surface area contributed by atoms with Crippen LogP contribution in [0, 0.1) is 6.92 Å². The van der Waals surface area contributed by atoms with Crippen molar-refractivity contribution in [2.75, 3.05) is 12.3 Å². The molecule has 25 heavy (non-hydrogen) atoms. The number of imidazole rings is 1. The van der Waals surface area contributed by atoms with Crippen LogP contribution in [0.4, 0.5) is 0 Å². The van der Waals surface area contributed by atoms with Crippen LogP contribution in [0.5, 0.6) is 0 Å². The second-order valence-corrected chi connectivity index (χ2v) is 6.92.